The molecule has 0 atom stereocenters. The van der Waals surface area contributed by atoms with Gasteiger partial charge in [-0.2, -0.15) is 0 Å². The Bertz CT molecular complexity index is 703. The van der Waals surface area contributed by atoms with E-state index in [1.54, 1.807) is 0 Å². The predicted octanol–water partition coefficient (Wildman–Crippen LogP) is 4.21. The Kier molecular flexibility index (Phi) is 2.19. The highest BCUT2D eigenvalue weighted by atomic mass is 79.9. The molecule has 0 amide bonds. The van der Waals surface area contributed by atoms with E-state index in [1.165, 1.54) is 0 Å². The van der Waals surface area contributed by atoms with Gasteiger partial charge in [-0.1, -0.05) is 11.6 Å². The summed E-state index contributed by atoms with van der Waals surface area (Å²) in [5.74, 6) is 0. The maximum Gasteiger partial charge on any atom is 0.0875 e. The number of hydrogen-bond donors (Lipinski definition) is 0. The van der Waals surface area contributed by atoms with Crippen LogP contribution in [0.4, 0.5) is 0 Å². The number of halogens is 2. The van der Waals surface area contributed by atoms with Crippen molar-refractivity contribution in [3.05, 3.63) is 45.7 Å². The third kappa shape index (κ3) is 1.43. The van der Waals surface area contributed by atoms with Gasteiger partial charge in [0, 0.05) is 15.7 Å². The molecular weight excluding hydrogens is 288 g/mol. The van der Waals surface area contributed by atoms with Gasteiger partial charge in [-0.05, 0) is 47.1 Å². The first-order valence-corrected chi connectivity index (χ1v) is 6.06. The Morgan fingerprint density at radius 3 is 2.88 bits per heavy atom. The summed E-state index contributed by atoms with van der Waals surface area (Å²) in [5.41, 5.74) is 4.10. The van der Waals surface area contributed by atoms with E-state index in [1.807, 2.05) is 31.3 Å². The van der Waals surface area contributed by atoms with Gasteiger partial charge in [-0.15, -0.1) is 0 Å². The first-order chi connectivity index (χ1) is 7.65. The number of rotatable bonds is 0. The van der Waals surface area contributed by atoms with Crippen molar-refractivity contribution in [1.82, 2.24) is 9.38 Å². The zero-order chi connectivity index (χ0) is 11.3. The van der Waals surface area contributed by atoms with Gasteiger partial charge in [-0.3, -0.25) is 0 Å². The van der Waals surface area contributed by atoms with Crippen molar-refractivity contribution in [3.8, 4) is 0 Å². The van der Waals surface area contributed by atoms with Crippen molar-refractivity contribution in [2.75, 3.05) is 0 Å². The smallest absolute Gasteiger partial charge is 0.0875 e. The summed E-state index contributed by atoms with van der Waals surface area (Å²) in [6.45, 7) is 2.01. The highest BCUT2D eigenvalue weighted by Gasteiger charge is 2.07. The zero-order valence-corrected chi connectivity index (χ0v) is 10.9. The van der Waals surface area contributed by atoms with Crippen LogP contribution < -0.4 is 0 Å². The van der Waals surface area contributed by atoms with Gasteiger partial charge in [0.1, 0.15) is 0 Å². The van der Waals surface area contributed by atoms with Gasteiger partial charge in [0.2, 0.25) is 0 Å². The normalized spacial score (nSPS) is 11.4. The molecule has 0 aliphatic carbocycles. The summed E-state index contributed by atoms with van der Waals surface area (Å²) in [6, 6.07) is 7.80. The minimum atomic E-state index is 0.726. The predicted molar refractivity (Wildman–Crippen MR) is 70.1 cm³/mol. The second kappa shape index (κ2) is 3.47. The number of aryl methyl sites for hydroxylation is 1. The maximum absolute atomic E-state index is 6.01. The molecule has 4 heteroatoms. The molecule has 0 fully saturated rings. The number of benzene rings is 1. The SMILES string of the molecule is Cc1nc2ccc(Cl)cc2n2cc(Br)cc12. The van der Waals surface area contributed by atoms with Crippen LogP contribution >= 0.6 is 27.5 Å². The van der Waals surface area contributed by atoms with E-state index in [0.717, 1.165) is 31.7 Å². The van der Waals surface area contributed by atoms with E-state index in [9.17, 15) is 0 Å². The Hall–Kier alpha value is -1.06. The van der Waals surface area contributed by atoms with Crippen LogP contribution in [0.25, 0.3) is 16.6 Å². The molecule has 2 heterocycles. The number of fused-ring (bicyclic) bond motifs is 3. The fraction of sp³-hybridized carbons (Fsp3) is 0.0833. The fourth-order valence-corrected chi connectivity index (χ4v) is 2.52. The molecule has 1 aromatic carbocycles. The van der Waals surface area contributed by atoms with Crippen molar-refractivity contribution < 1.29 is 0 Å². The third-order valence-corrected chi connectivity index (χ3v) is 3.31. The molecule has 0 radical (unpaired) electrons. The second-order valence-electron chi connectivity index (χ2n) is 3.74. The van der Waals surface area contributed by atoms with Crippen LogP contribution in [0.15, 0.2) is 34.9 Å². The Morgan fingerprint density at radius 1 is 1.25 bits per heavy atom. The van der Waals surface area contributed by atoms with Gasteiger partial charge in [0.25, 0.3) is 0 Å². The van der Waals surface area contributed by atoms with E-state index < -0.39 is 0 Å². The van der Waals surface area contributed by atoms with Crippen molar-refractivity contribution >= 4 is 44.1 Å². The largest absolute Gasteiger partial charge is 0.312 e. The average molecular weight is 296 g/mol. The van der Waals surface area contributed by atoms with Crippen LogP contribution in [0.2, 0.25) is 5.02 Å². The second-order valence-corrected chi connectivity index (χ2v) is 5.10. The lowest BCUT2D eigenvalue weighted by molar-refractivity contribution is 1.17. The average Bonchev–Trinajstić information content (AvgIpc) is 2.62. The molecule has 0 aliphatic heterocycles. The first kappa shape index (κ1) is 10.1. The van der Waals surface area contributed by atoms with Gasteiger partial charge >= 0.3 is 0 Å². The molecule has 0 unspecified atom stereocenters. The molecule has 16 heavy (non-hydrogen) atoms. The summed E-state index contributed by atoms with van der Waals surface area (Å²) >= 11 is 9.49. The minimum absolute atomic E-state index is 0.726. The summed E-state index contributed by atoms with van der Waals surface area (Å²) in [5, 5.41) is 0.726. The summed E-state index contributed by atoms with van der Waals surface area (Å²) in [7, 11) is 0. The van der Waals surface area contributed by atoms with E-state index in [4.69, 9.17) is 11.6 Å². The zero-order valence-electron chi connectivity index (χ0n) is 8.54. The molecule has 0 N–H and O–H groups in total. The third-order valence-electron chi connectivity index (χ3n) is 2.64. The van der Waals surface area contributed by atoms with Crippen LogP contribution in [0.1, 0.15) is 5.69 Å². The Balaban J connectivity index is 2.59. The van der Waals surface area contributed by atoms with Gasteiger partial charge in [0.15, 0.2) is 0 Å². The lowest BCUT2D eigenvalue weighted by Gasteiger charge is -2.05. The van der Waals surface area contributed by atoms with Crippen LogP contribution in [-0.2, 0) is 0 Å². The van der Waals surface area contributed by atoms with Crippen LogP contribution in [0, 0.1) is 6.92 Å². The molecule has 3 aromatic rings. The van der Waals surface area contributed by atoms with E-state index in [0.29, 0.717) is 0 Å². The van der Waals surface area contributed by atoms with Crippen LogP contribution in [-0.4, -0.2) is 9.38 Å². The monoisotopic (exact) mass is 294 g/mol. The topological polar surface area (TPSA) is 17.3 Å². The highest BCUT2D eigenvalue weighted by molar-refractivity contribution is 9.10. The molecule has 0 saturated heterocycles. The fourth-order valence-electron chi connectivity index (χ4n) is 1.93. The van der Waals surface area contributed by atoms with Crippen molar-refractivity contribution in [2.24, 2.45) is 0 Å². The van der Waals surface area contributed by atoms with E-state index in [-0.39, 0.29) is 0 Å². The van der Waals surface area contributed by atoms with Crippen LogP contribution in [0.5, 0.6) is 0 Å². The number of aromatic nitrogens is 2. The summed E-state index contributed by atoms with van der Waals surface area (Å²) in [6.07, 6.45) is 2.03. The Morgan fingerprint density at radius 2 is 2.06 bits per heavy atom. The molecular formula is C12H8BrClN2. The minimum Gasteiger partial charge on any atom is -0.312 e. The molecule has 80 valence electrons. The lowest BCUT2D eigenvalue weighted by Crippen LogP contribution is -1.93. The molecule has 0 saturated carbocycles. The van der Waals surface area contributed by atoms with Crippen molar-refractivity contribution in [1.29, 1.82) is 0 Å². The molecule has 2 nitrogen and oxygen atoms in total. The van der Waals surface area contributed by atoms with E-state index >= 15 is 0 Å². The standard InChI is InChI=1S/C12H8BrClN2/c1-7-11-4-8(13)6-16(11)12-5-9(14)2-3-10(12)15-7/h2-6H,1H3. The summed E-state index contributed by atoms with van der Waals surface area (Å²) in [4.78, 5) is 4.56. The lowest BCUT2D eigenvalue weighted by atomic mass is 10.2. The van der Waals surface area contributed by atoms with Crippen LogP contribution in [0.3, 0.4) is 0 Å². The molecule has 0 bridgehead atoms. The molecule has 2 aromatic heterocycles. The first-order valence-electron chi connectivity index (χ1n) is 4.88. The molecule has 3 rings (SSSR count). The molecule has 0 spiro atoms. The van der Waals surface area contributed by atoms with Gasteiger partial charge in [-0.25, -0.2) is 4.98 Å². The van der Waals surface area contributed by atoms with Crippen molar-refractivity contribution in [2.45, 2.75) is 6.92 Å². The van der Waals surface area contributed by atoms with Crippen molar-refractivity contribution in [3.63, 3.8) is 0 Å². The highest BCUT2D eigenvalue weighted by Crippen LogP contribution is 2.25. The van der Waals surface area contributed by atoms with Gasteiger partial charge < -0.3 is 4.40 Å². The number of hydrogen-bond acceptors (Lipinski definition) is 1. The quantitative estimate of drug-likeness (QED) is 0.607. The molecule has 0 aliphatic rings. The number of nitrogens with zero attached hydrogens (tertiary/aromatic N) is 2. The van der Waals surface area contributed by atoms with Gasteiger partial charge in [0.05, 0.1) is 22.2 Å². The Labute approximate surface area is 106 Å². The summed E-state index contributed by atoms with van der Waals surface area (Å²) < 4.78 is 3.15. The maximum atomic E-state index is 6.01. The van der Waals surface area contributed by atoms with E-state index in [2.05, 4.69) is 31.4 Å².